The Morgan fingerprint density at radius 2 is 2.04 bits per heavy atom. The highest BCUT2D eigenvalue weighted by molar-refractivity contribution is 6.02. The predicted octanol–water partition coefficient (Wildman–Crippen LogP) is 3.66. The second-order valence-electron chi connectivity index (χ2n) is 6.59. The maximum Gasteiger partial charge on any atom is 0.294 e. The first-order valence-corrected chi connectivity index (χ1v) is 8.44. The molecule has 0 aliphatic carbocycles. The molecule has 0 unspecified atom stereocenters. The lowest BCUT2D eigenvalue weighted by Crippen LogP contribution is -2.14. The topological polar surface area (TPSA) is 74.2 Å². The molecule has 0 atom stereocenters. The van der Waals surface area contributed by atoms with E-state index in [1.807, 2.05) is 68.4 Å². The summed E-state index contributed by atoms with van der Waals surface area (Å²) in [7, 11) is 4.00. The van der Waals surface area contributed by atoms with Crippen LogP contribution in [0.5, 0.6) is 0 Å². The Hall–Kier alpha value is -3.28. The Morgan fingerprint density at radius 3 is 2.85 bits per heavy atom. The lowest BCUT2D eigenvalue weighted by molar-refractivity contribution is 0.659. The van der Waals surface area contributed by atoms with E-state index in [1.54, 1.807) is 0 Å². The second kappa shape index (κ2) is 6.22. The number of fused-ring (bicyclic) bond motifs is 3. The summed E-state index contributed by atoms with van der Waals surface area (Å²) in [6.45, 7) is 2.42. The van der Waals surface area contributed by atoms with Crippen molar-refractivity contribution in [2.24, 2.45) is 0 Å². The molecule has 0 saturated heterocycles. The molecule has 0 aliphatic heterocycles. The maximum absolute atomic E-state index is 12.4. The van der Waals surface area contributed by atoms with Gasteiger partial charge in [0.25, 0.3) is 5.56 Å². The van der Waals surface area contributed by atoms with Crippen molar-refractivity contribution >= 4 is 33.4 Å². The van der Waals surface area contributed by atoms with Crippen LogP contribution in [0.3, 0.4) is 0 Å². The fourth-order valence-electron chi connectivity index (χ4n) is 2.98. The highest BCUT2D eigenvalue weighted by Crippen LogP contribution is 2.26. The van der Waals surface area contributed by atoms with Crippen molar-refractivity contribution in [3.63, 3.8) is 0 Å². The average Bonchev–Trinajstić information content (AvgIpc) is 2.99. The molecule has 0 radical (unpaired) electrons. The van der Waals surface area contributed by atoms with E-state index in [9.17, 15) is 4.79 Å². The van der Waals surface area contributed by atoms with Gasteiger partial charge in [-0.15, -0.1) is 0 Å². The van der Waals surface area contributed by atoms with Crippen LogP contribution in [0.4, 0.5) is 11.4 Å². The monoisotopic (exact) mass is 348 g/mol. The molecule has 0 amide bonds. The smallest absolute Gasteiger partial charge is 0.294 e. The van der Waals surface area contributed by atoms with E-state index in [0.717, 1.165) is 22.3 Å². The van der Waals surface area contributed by atoms with Crippen molar-refractivity contribution < 1.29 is 4.42 Å². The summed E-state index contributed by atoms with van der Waals surface area (Å²) in [5.41, 5.74) is 4.45. The SMILES string of the molecule is Cc1ccc2oc3c(=O)[nH]c(CNc4cccc(N(C)C)c4)nc3c2c1. The number of nitrogens with one attached hydrogen (secondary N) is 2. The largest absolute Gasteiger partial charge is 0.449 e. The molecule has 2 aromatic carbocycles. The molecule has 2 aromatic heterocycles. The number of hydrogen-bond acceptors (Lipinski definition) is 5. The van der Waals surface area contributed by atoms with Crippen LogP contribution in [-0.4, -0.2) is 24.1 Å². The summed E-state index contributed by atoms with van der Waals surface area (Å²) in [6, 6.07) is 13.9. The third-order valence-electron chi connectivity index (χ3n) is 4.35. The van der Waals surface area contributed by atoms with Crippen molar-refractivity contribution in [3.8, 4) is 0 Å². The first kappa shape index (κ1) is 16.2. The minimum absolute atomic E-state index is 0.261. The summed E-state index contributed by atoms with van der Waals surface area (Å²) < 4.78 is 5.67. The number of aryl methyl sites for hydroxylation is 1. The van der Waals surface area contributed by atoms with E-state index in [2.05, 4.69) is 15.3 Å². The molecule has 6 nitrogen and oxygen atoms in total. The Kier molecular flexibility index (Phi) is 3.88. The van der Waals surface area contributed by atoms with E-state index in [4.69, 9.17) is 4.42 Å². The van der Waals surface area contributed by atoms with Crippen LogP contribution in [-0.2, 0) is 6.54 Å². The summed E-state index contributed by atoms with van der Waals surface area (Å²) in [6.07, 6.45) is 0. The van der Waals surface area contributed by atoms with Crippen LogP contribution in [0, 0.1) is 6.92 Å². The summed E-state index contributed by atoms with van der Waals surface area (Å²) in [5, 5.41) is 4.17. The third kappa shape index (κ3) is 2.90. The fraction of sp³-hybridized carbons (Fsp3) is 0.200. The normalized spacial score (nSPS) is 11.2. The zero-order valence-electron chi connectivity index (χ0n) is 15.0. The van der Waals surface area contributed by atoms with E-state index >= 15 is 0 Å². The van der Waals surface area contributed by atoms with Gasteiger partial charge in [0.1, 0.15) is 16.9 Å². The minimum atomic E-state index is -0.261. The van der Waals surface area contributed by atoms with Crippen molar-refractivity contribution in [2.45, 2.75) is 13.5 Å². The zero-order chi connectivity index (χ0) is 18.3. The number of benzene rings is 2. The number of nitrogens with zero attached hydrogens (tertiary/aromatic N) is 2. The molecule has 132 valence electrons. The van der Waals surface area contributed by atoms with Gasteiger partial charge >= 0.3 is 0 Å². The highest BCUT2D eigenvalue weighted by atomic mass is 16.3. The molecule has 0 fully saturated rings. The van der Waals surface area contributed by atoms with E-state index < -0.39 is 0 Å². The van der Waals surface area contributed by atoms with Gasteiger partial charge in [-0.05, 0) is 37.3 Å². The Morgan fingerprint density at radius 1 is 1.19 bits per heavy atom. The lowest BCUT2D eigenvalue weighted by Gasteiger charge is -2.14. The van der Waals surface area contributed by atoms with Gasteiger partial charge in [-0.3, -0.25) is 4.79 Å². The van der Waals surface area contributed by atoms with Gasteiger partial charge in [0.2, 0.25) is 5.58 Å². The first-order chi connectivity index (χ1) is 12.5. The standard InChI is InChI=1S/C20H20N4O2/c1-12-7-8-16-15(9-12)18-19(26-16)20(25)23-17(22-18)11-21-13-5-4-6-14(10-13)24(2)3/h4-10,21H,11H2,1-3H3,(H,22,23,25). The molecule has 2 heterocycles. The van der Waals surface area contributed by atoms with E-state index in [-0.39, 0.29) is 11.1 Å². The van der Waals surface area contributed by atoms with Crippen molar-refractivity contribution in [2.75, 3.05) is 24.3 Å². The average molecular weight is 348 g/mol. The van der Waals surface area contributed by atoms with Crippen LogP contribution in [0.2, 0.25) is 0 Å². The lowest BCUT2D eigenvalue weighted by atomic mass is 10.2. The number of aromatic nitrogens is 2. The summed E-state index contributed by atoms with van der Waals surface area (Å²) in [4.78, 5) is 21.8. The van der Waals surface area contributed by atoms with Crippen molar-refractivity contribution in [3.05, 3.63) is 64.2 Å². The van der Waals surface area contributed by atoms with E-state index in [1.165, 1.54) is 0 Å². The van der Waals surface area contributed by atoms with Crippen LogP contribution >= 0.6 is 0 Å². The molecule has 4 aromatic rings. The van der Waals surface area contributed by atoms with Crippen LogP contribution in [0.25, 0.3) is 22.1 Å². The number of aromatic amines is 1. The Balaban J connectivity index is 1.69. The van der Waals surface area contributed by atoms with E-state index in [0.29, 0.717) is 23.5 Å². The van der Waals surface area contributed by atoms with Crippen molar-refractivity contribution in [1.29, 1.82) is 0 Å². The van der Waals surface area contributed by atoms with Gasteiger partial charge in [-0.2, -0.15) is 0 Å². The predicted molar refractivity (Wildman–Crippen MR) is 105 cm³/mol. The third-order valence-corrected chi connectivity index (χ3v) is 4.35. The van der Waals surface area contributed by atoms with Crippen LogP contribution < -0.4 is 15.8 Å². The van der Waals surface area contributed by atoms with Gasteiger partial charge in [-0.1, -0.05) is 17.7 Å². The minimum Gasteiger partial charge on any atom is -0.449 e. The molecule has 0 saturated carbocycles. The summed E-state index contributed by atoms with van der Waals surface area (Å²) >= 11 is 0. The van der Waals surface area contributed by atoms with Crippen LogP contribution in [0.15, 0.2) is 51.7 Å². The quantitative estimate of drug-likeness (QED) is 0.589. The molecule has 2 N–H and O–H groups in total. The maximum atomic E-state index is 12.4. The van der Waals surface area contributed by atoms with Gasteiger partial charge < -0.3 is 19.6 Å². The number of furan rings is 1. The number of rotatable bonds is 4. The van der Waals surface area contributed by atoms with Crippen LogP contribution in [0.1, 0.15) is 11.4 Å². The molecule has 0 aliphatic rings. The summed E-state index contributed by atoms with van der Waals surface area (Å²) in [5.74, 6) is 0.571. The van der Waals surface area contributed by atoms with Gasteiger partial charge in [0.15, 0.2) is 0 Å². The Labute approximate surface area is 150 Å². The second-order valence-corrected chi connectivity index (χ2v) is 6.59. The molecule has 6 heteroatoms. The fourth-order valence-corrected chi connectivity index (χ4v) is 2.98. The Bertz CT molecular complexity index is 1160. The molecule has 0 bridgehead atoms. The van der Waals surface area contributed by atoms with Crippen molar-refractivity contribution in [1.82, 2.24) is 9.97 Å². The molecule has 0 spiro atoms. The number of H-pyrrole nitrogens is 1. The molecule has 26 heavy (non-hydrogen) atoms. The number of hydrogen-bond donors (Lipinski definition) is 2. The molecular weight excluding hydrogens is 328 g/mol. The highest BCUT2D eigenvalue weighted by Gasteiger charge is 2.13. The van der Waals surface area contributed by atoms with Gasteiger partial charge in [0.05, 0.1) is 6.54 Å². The zero-order valence-corrected chi connectivity index (χ0v) is 15.0. The van der Waals surface area contributed by atoms with Gasteiger partial charge in [0, 0.05) is 30.9 Å². The molecule has 4 rings (SSSR count). The first-order valence-electron chi connectivity index (χ1n) is 8.44. The molecular formula is C20H20N4O2. The van der Waals surface area contributed by atoms with Gasteiger partial charge in [-0.25, -0.2) is 4.98 Å². The number of anilines is 2.